The zero-order valence-electron chi connectivity index (χ0n) is 15.8. The van der Waals surface area contributed by atoms with E-state index in [1.807, 2.05) is 30.3 Å². The molecule has 1 N–H and O–H groups in total. The van der Waals surface area contributed by atoms with Gasteiger partial charge in [-0.15, -0.1) is 0 Å². The van der Waals surface area contributed by atoms with E-state index in [4.69, 9.17) is 4.42 Å². The van der Waals surface area contributed by atoms with Gasteiger partial charge in [0.1, 0.15) is 5.76 Å². The molecule has 0 fully saturated rings. The Hall–Kier alpha value is -3.35. The van der Waals surface area contributed by atoms with E-state index >= 15 is 0 Å². The second-order valence-corrected chi connectivity index (χ2v) is 6.02. The summed E-state index contributed by atoms with van der Waals surface area (Å²) in [6, 6.07) is 13.0. The van der Waals surface area contributed by atoms with E-state index in [0.29, 0.717) is 12.3 Å². The van der Waals surface area contributed by atoms with Crippen LogP contribution in [0.25, 0.3) is 6.08 Å². The number of furan rings is 1. The number of carbonyl (C=O) groups is 3. The highest BCUT2D eigenvalue weighted by Crippen LogP contribution is 2.07. The molecular weight excluding hydrogens is 360 g/mol. The van der Waals surface area contributed by atoms with Gasteiger partial charge >= 0.3 is 5.97 Å². The summed E-state index contributed by atoms with van der Waals surface area (Å²) in [5.74, 6) is -0.262. The highest BCUT2D eigenvalue weighted by Gasteiger charge is 2.16. The molecule has 0 aliphatic heterocycles. The Bertz CT molecular complexity index is 784. The number of amides is 2. The third kappa shape index (κ3) is 7.49. The van der Waals surface area contributed by atoms with Crippen molar-refractivity contribution in [1.29, 1.82) is 0 Å². The third-order valence-electron chi connectivity index (χ3n) is 3.96. The molecule has 0 saturated heterocycles. The number of esters is 1. The van der Waals surface area contributed by atoms with Crippen LogP contribution in [0.1, 0.15) is 24.2 Å². The summed E-state index contributed by atoms with van der Waals surface area (Å²) in [7, 11) is 1.32. The van der Waals surface area contributed by atoms with E-state index in [1.165, 1.54) is 19.4 Å². The van der Waals surface area contributed by atoms with Crippen molar-refractivity contribution < 1.29 is 23.5 Å². The average molecular weight is 384 g/mol. The standard InChI is InChI=1S/C21H24N2O5/c1-27-21(26)12-14-23(16-17-6-3-2-4-7-17)20(25)11-13-22-19(24)10-9-18-8-5-15-28-18/h2-10,15H,11-14,16H2,1H3,(H,22,24)/b10-9+. The third-order valence-corrected chi connectivity index (χ3v) is 3.96. The normalized spacial score (nSPS) is 10.6. The SMILES string of the molecule is COC(=O)CCN(Cc1ccccc1)C(=O)CCNC(=O)/C=C/c1ccco1. The molecule has 0 unspecified atom stereocenters. The van der Waals surface area contributed by atoms with E-state index < -0.39 is 0 Å². The molecule has 1 aromatic heterocycles. The molecule has 0 bridgehead atoms. The lowest BCUT2D eigenvalue weighted by Crippen LogP contribution is -2.35. The fourth-order valence-corrected chi connectivity index (χ4v) is 2.48. The Labute approximate surface area is 164 Å². The maximum absolute atomic E-state index is 12.6. The Morgan fingerprint density at radius 3 is 2.57 bits per heavy atom. The number of hydrogen-bond donors (Lipinski definition) is 1. The van der Waals surface area contributed by atoms with Crippen molar-refractivity contribution in [2.75, 3.05) is 20.2 Å². The van der Waals surface area contributed by atoms with E-state index in [-0.39, 0.29) is 43.7 Å². The number of benzene rings is 1. The Balaban J connectivity index is 1.84. The summed E-state index contributed by atoms with van der Waals surface area (Å²) in [4.78, 5) is 37.4. The van der Waals surface area contributed by atoms with E-state index in [9.17, 15) is 14.4 Å². The van der Waals surface area contributed by atoms with E-state index in [0.717, 1.165) is 5.56 Å². The molecule has 2 rings (SSSR count). The lowest BCUT2D eigenvalue weighted by Gasteiger charge is -2.22. The van der Waals surface area contributed by atoms with Gasteiger partial charge in [-0.1, -0.05) is 30.3 Å². The molecule has 0 spiro atoms. The Morgan fingerprint density at radius 2 is 1.89 bits per heavy atom. The van der Waals surface area contributed by atoms with Crippen molar-refractivity contribution in [3.8, 4) is 0 Å². The summed E-state index contributed by atoms with van der Waals surface area (Å²) in [6.07, 6.45) is 4.67. The molecular formula is C21H24N2O5. The van der Waals surface area contributed by atoms with Crippen LogP contribution in [0.3, 0.4) is 0 Å². The lowest BCUT2D eigenvalue weighted by atomic mass is 10.2. The molecule has 0 aliphatic rings. The summed E-state index contributed by atoms with van der Waals surface area (Å²) in [6.45, 7) is 0.847. The van der Waals surface area contributed by atoms with Crippen LogP contribution in [0.5, 0.6) is 0 Å². The van der Waals surface area contributed by atoms with Crippen LogP contribution in [0.2, 0.25) is 0 Å². The number of nitrogens with one attached hydrogen (secondary N) is 1. The van der Waals surface area contributed by atoms with Gasteiger partial charge in [0.2, 0.25) is 11.8 Å². The fraction of sp³-hybridized carbons (Fsp3) is 0.286. The first-order chi connectivity index (χ1) is 13.6. The first-order valence-electron chi connectivity index (χ1n) is 8.96. The predicted molar refractivity (Wildman–Crippen MR) is 104 cm³/mol. The van der Waals surface area contributed by atoms with Crippen LogP contribution < -0.4 is 5.32 Å². The molecule has 148 valence electrons. The topological polar surface area (TPSA) is 88.9 Å². The van der Waals surface area contributed by atoms with Crippen LogP contribution in [-0.2, 0) is 25.7 Å². The maximum atomic E-state index is 12.6. The first kappa shape index (κ1) is 21.0. The quantitative estimate of drug-likeness (QED) is 0.502. The number of nitrogens with zero attached hydrogens (tertiary/aromatic N) is 1. The van der Waals surface area contributed by atoms with Gasteiger partial charge in [0, 0.05) is 32.1 Å². The molecule has 28 heavy (non-hydrogen) atoms. The van der Waals surface area contributed by atoms with Crippen molar-refractivity contribution in [3.63, 3.8) is 0 Å². The minimum atomic E-state index is -0.373. The molecule has 0 radical (unpaired) electrons. The number of hydrogen-bond acceptors (Lipinski definition) is 5. The molecule has 0 atom stereocenters. The number of ether oxygens (including phenoxy) is 1. The van der Waals surface area contributed by atoms with Gasteiger partial charge in [-0.05, 0) is 23.8 Å². The smallest absolute Gasteiger partial charge is 0.307 e. The zero-order valence-corrected chi connectivity index (χ0v) is 15.8. The summed E-state index contributed by atoms with van der Waals surface area (Å²) in [5.41, 5.74) is 0.964. The van der Waals surface area contributed by atoms with Gasteiger partial charge in [0.15, 0.2) is 0 Å². The van der Waals surface area contributed by atoms with Crippen molar-refractivity contribution in [1.82, 2.24) is 10.2 Å². The second-order valence-electron chi connectivity index (χ2n) is 6.02. The minimum absolute atomic E-state index is 0.118. The zero-order chi connectivity index (χ0) is 20.2. The van der Waals surface area contributed by atoms with Gasteiger partial charge in [0.05, 0.1) is 19.8 Å². The van der Waals surface area contributed by atoms with Crippen molar-refractivity contribution in [2.45, 2.75) is 19.4 Å². The monoisotopic (exact) mass is 384 g/mol. The van der Waals surface area contributed by atoms with Gasteiger partial charge < -0.3 is 19.4 Å². The summed E-state index contributed by atoms with van der Waals surface area (Å²) in [5, 5.41) is 2.66. The highest BCUT2D eigenvalue weighted by molar-refractivity contribution is 5.91. The number of methoxy groups -OCH3 is 1. The molecule has 1 heterocycles. The van der Waals surface area contributed by atoms with Gasteiger partial charge in [-0.25, -0.2) is 0 Å². The Morgan fingerprint density at radius 1 is 1.11 bits per heavy atom. The summed E-state index contributed by atoms with van der Waals surface area (Å²) >= 11 is 0. The molecule has 2 amide bonds. The van der Waals surface area contributed by atoms with Gasteiger partial charge in [0.25, 0.3) is 0 Å². The van der Waals surface area contributed by atoms with Crippen LogP contribution in [-0.4, -0.2) is 42.9 Å². The van der Waals surface area contributed by atoms with Crippen LogP contribution in [0, 0.1) is 0 Å². The molecule has 2 aromatic rings. The van der Waals surface area contributed by atoms with Crippen molar-refractivity contribution in [3.05, 3.63) is 66.1 Å². The van der Waals surface area contributed by atoms with E-state index in [1.54, 1.807) is 23.1 Å². The first-order valence-corrected chi connectivity index (χ1v) is 8.96. The highest BCUT2D eigenvalue weighted by atomic mass is 16.5. The lowest BCUT2D eigenvalue weighted by molar-refractivity contribution is -0.141. The second kappa shape index (κ2) is 11.4. The van der Waals surface area contributed by atoms with Crippen LogP contribution >= 0.6 is 0 Å². The summed E-state index contributed by atoms with van der Waals surface area (Å²) < 4.78 is 9.76. The largest absolute Gasteiger partial charge is 0.469 e. The van der Waals surface area contributed by atoms with Gasteiger partial charge in [-0.3, -0.25) is 14.4 Å². The maximum Gasteiger partial charge on any atom is 0.307 e. The molecule has 1 aromatic carbocycles. The van der Waals surface area contributed by atoms with Crippen LogP contribution in [0.4, 0.5) is 0 Å². The Kier molecular flexibility index (Phi) is 8.52. The molecule has 0 saturated carbocycles. The molecule has 7 nitrogen and oxygen atoms in total. The predicted octanol–water partition coefficient (Wildman–Crippen LogP) is 2.39. The van der Waals surface area contributed by atoms with Crippen LogP contribution in [0.15, 0.2) is 59.2 Å². The van der Waals surface area contributed by atoms with E-state index in [2.05, 4.69) is 10.1 Å². The minimum Gasteiger partial charge on any atom is -0.469 e. The molecule has 7 heteroatoms. The number of carbonyl (C=O) groups excluding carboxylic acids is 3. The van der Waals surface area contributed by atoms with Crippen molar-refractivity contribution >= 4 is 23.9 Å². The van der Waals surface area contributed by atoms with Crippen molar-refractivity contribution in [2.24, 2.45) is 0 Å². The fourth-order valence-electron chi connectivity index (χ4n) is 2.48. The number of rotatable bonds is 10. The average Bonchev–Trinajstić information content (AvgIpc) is 3.23. The van der Waals surface area contributed by atoms with Gasteiger partial charge in [-0.2, -0.15) is 0 Å². The molecule has 0 aliphatic carbocycles.